The largest absolute Gasteiger partial charge is 0.338 e. The van der Waals surface area contributed by atoms with Crippen molar-refractivity contribution in [1.82, 2.24) is 4.90 Å². The Morgan fingerprint density at radius 1 is 1.39 bits per heavy atom. The van der Waals surface area contributed by atoms with E-state index < -0.39 is 6.04 Å². The number of carbonyl (C=O) groups is 1. The molecule has 0 aromatic rings. The Hall–Kier alpha value is -1.34. The number of nitrogens with zero attached hydrogens (tertiary/aromatic N) is 2. The Morgan fingerprint density at radius 3 is 2.22 bits per heavy atom. The average Bonchev–Trinajstić information content (AvgIpc) is 2.25. The number of allylic oxidation sites excluding steroid dienone is 1. The molecule has 0 saturated heterocycles. The van der Waals surface area contributed by atoms with Crippen molar-refractivity contribution >= 4 is 5.91 Å². The van der Waals surface area contributed by atoms with Crippen LogP contribution in [0.4, 0.5) is 0 Å². The van der Waals surface area contributed by atoms with Crippen LogP contribution in [0, 0.1) is 22.7 Å². The smallest absolute Gasteiger partial charge is 0.240 e. The number of hydrogen-bond donors (Lipinski definition) is 1. The molecule has 0 aliphatic rings. The van der Waals surface area contributed by atoms with Crippen molar-refractivity contribution in [3.05, 3.63) is 12.2 Å². The van der Waals surface area contributed by atoms with Gasteiger partial charge in [-0.2, -0.15) is 5.26 Å². The minimum Gasteiger partial charge on any atom is -0.338 e. The quantitative estimate of drug-likeness (QED) is 0.776. The minimum atomic E-state index is -0.542. The van der Waals surface area contributed by atoms with Crippen LogP contribution in [-0.4, -0.2) is 29.9 Å². The Labute approximate surface area is 110 Å². The van der Waals surface area contributed by atoms with E-state index >= 15 is 0 Å². The lowest BCUT2D eigenvalue weighted by molar-refractivity contribution is -0.135. The molecule has 0 rings (SSSR count). The zero-order chi connectivity index (χ0) is 14.5. The average molecular weight is 251 g/mol. The Bertz CT molecular complexity index is 347. The standard InChI is InChI=1S/C14H25N3O/c1-10(2)11(8-7-9-15)17(6)13(18)12(16)14(3,4)5/h7-8,10-12H,16H2,1-6H3/t11-,12-/m1/s1. The number of carbonyl (C=O) groups excluding carboxylic acids is 1. The van der Waals surface area contributed by atoms with Crippen LogP contribution in [0.2, 0.25) is 0 Å². The van der Waals surface area contributed by atoms with E-state index in [4.69, 9.17) is 11.0 Å². The predicted molar refractivity (Wildman–Crippen MR) is 73.6 cm³/mol. The van der Waals surface area contributed by atoms with Gasteiger partial charge >= 0.3 is 0 Å². The van der Waals surface area contributed by atoms with E-state index in [0.717, 1.165) is 0 Å². The van der Waals surface area contributed by atoms with Gasteiger partial charge in [0.15, 0.2) is 0 Å². The van der Waals surface area contributed by atoms with Crippen LogP contribution < -0.4 is 5.73 Å². The molecule has 102 valence electrons. The monoisotopic (exact) mass is 251 g/mol. The summed E-state index contributed by atoms with van der Waals surface area (Å²) in [6, 6.07) is 1.31. The first-order valence-electron chi connectivity index (χ1n) is 6.21. The van der Waals surface area contributed by atoms with Crippen LogP contribution in [-0.2, 0) is 4.79 Å². The fraction of sp³-hybridized carbons (Fsp3) is 0.714. The van der Waals surface area contributed by atoms with Gasteiger partial charge in [-0.05, 0) is 11.3 Å². The summed E-state index contributed by atoms with van der Waals surface area (Å²) in [5, 5.41) is 8.59. The highest BCUT2D eigenvalue weighted by atomic mass is 16.2. The number of amides is 1. The van der Waals surface area contributed by atoms with Gasteiger partial charge in [0.05, 0.1) is 18.2 Å². The van der Waals surface area contributed by atoms with Crippen molar-refractivity contribution in [2.24, 2.45) is 17.1 Å². The van der Waals surface area contributed by atoms with Gasteiger partial charge in [0.2, 0.25) is 5.91 Å². The van der Waals surface area contributed by atoms with E-state index in [9.17, 15) is 4.79 Å². The molecule has 0 aliphatic carbocycles. The van der Waals surface area contributed by atoms with E-state index in [0.29, 0.717) is 0 Å². The fourth-order valence-electron chi connectivity index (χ4n) is 1.68. The van der Waals surface area contributed by atoms with Gasteiger partial charge in [-0.25, -0.2) is 0 Å². The van der Waals surface area contributed by atoms with Gasteiger partial charge < -0.3 is 10.6 Å². The molecule has 18 heavy (non-hydrogen) atoms. The molecule has 0 fully saturated rings. The summed E-state index contributed by atoms with van der Waals surface area (Å²) in [5.41, 5.74) is 5.71. The molecule has 1 amide bonds. The number of nitriles is 1. The minimum absolute atomic E-state index is 0.0937. The van der Waals surface area contributed by atoms with Crippen molar-refractivity contribution in [2.75, 3.05) is 7.05 Å². The summed E-state index contributed by atoms with van der Waals surface area (Å²) in [5.74, 6) is 0.138. The third-order valence-electron chi connectivity index (χ3n) is 3.04. The summed E-state index contributed by atoms with van der Waals surface area (Å²) in [6.07, 6.45) is 3.16. The van der Waals surface area contributed by atoms with Crippen molar-refractivity contribution in [3.63, 3.8) is 0 Å². The number of rotatable bonds is 4. The SMILES string of the molecule is CC(C)[C@@H](C=CC#N)N(C)C(=O)[C@@H](N)C(C)(C)C. The van der Waals surface area contributed by atoms with E-state index in [1.807, 2.05) is 40.7 Å². The van der Waals surface area contributed by atoms with Crippen molar-refractivity contribution in [2.45, 2.75) is 46.7 Å². The van der Waals surface area contributed by atoms with Gasteiger partial charge in [-0.15, -0.1) is 0 Å². The zero-order valence-corrected chi connectivity index (χ0v) is 12.3. The Balaban J connectivity index is 5.00. The molecule has 0 aromatic carbocycles. The molecule has 4 heteroatoms. The van der Waals surface area contributed by atoms with Gasteiger partial charge in [0.25, 0.3) is 0 Å². The van der Waals surface area contributed by atoms with E-state index in [2.05, 4.69) is 0 Å². The van der Waals surface area contributed by atoms with Crippen LogP contribution in [0.1, 0.15) is 34.6 Å². The third-order valence-corrected chi connectivity index (χ3v) is 3.04. The number of nitrogens with two attached hydrogens (primary N) is 1. The van der Waals surface area contributed by atoms with Crippen LogP contribution >= 0.6 is 0 Å². The predicted octanol–water partition coefficient (Wildman–Crippen LogP) is 1.92. The molecule has 4 nitrogen and oxygen atoms in total. The number of hydrogen-bond acceptors (Lipinski definition) is 3. The summed E-state index contributed by atoms with van der Waals surface area (Å²) in [7, 11) is 1.74. The lowest BCUT2D eigenvalue weighted by atomic mass is 9.86. The zero-order valence-electron chi connectivity index (χ0n) is 12.3. The summed E-state index contributed by atoms with van der Waals surface area (Å²) >= 11 is 0. The molecule has 2 N–H and O–H groups in total. The molecular weight excluding hydrogens is 226 g/mol. The lowest BCUT2D eigenvalue weighted by Gasteiger charge is -2.35. The van der Waals surface area contributed by atoms with Crippen LogP contribution in [0.15, 0.2) is 12.2 Å². The van der Waals surface area contributed by atoms with Gasteiger partial charge in [0, 0.05) is 13.1 Å². The van der Waals surface area contributed by atoms with Gasteiger partial charge in [0.1, 0.15) is 0 Å². The van der Waals surface area contributed by atoms with Crippen LogP contribution in [0.5, 0.6) is 0 Å². The normalized spacial score (nSPS) is 15.5. The van der Waals surface area contributed by atoms with Gasteiger partial charge in [-0.1, -0.05) is 40.7 Å². The van der Waals surface area contributed by atoms with Crippen molar-refractivity contribution in [3.8, 4) is 6.07 Å². The van der Waals surface area contributed by atoms with E-state index in [-0.39, 0.29) is 23.3 Å². The highest BCUT2D eigenvalue weighted by Crippen LogP contribution is 2.21. The summed E-state index contributed by atoms with van der Waals surface area (Å²) < 4.78 is 0. The second-order valence-electron chi connectivity index (χ2n) is 6.02. The van der Waals surface area contributed by atoms with E-state index in [1.165, 1.54) is 6.08 Å². The maximum atomic E-state index is 12.3. The Morgan fingerprint density at radius 2 is 1.89 bits per heavy atom. The molecule has 0 heterocycles. The third kappa shape index (κ3) is 4.50. The van der Waals surface area contributed by atoms with Gasteiger partial charge in [-0.3, -0.25) is 4.79 Å². The molecule has 0 radical (unpaired) electrons. The molecule has 0 aliphatic heterocycles. The first-order chi connectivity index (χ1) is 8.12. The van der Waals surface area contributed by atoms with Crippen LogP contribution in [0.3, 0.4) is 0 Å². The molecule has 0 saturated carbocycles. The maximum absolute atomic E-state index is 12.3. The first-order valence-corrected chi connectivity index (χ1v) is 6.21. The Kier molecular flexibility index (Phi) is 6.07. The second-order valence-corrected chi connectivity index (χ2v) is 6.02. The number of likely N-dealkylation sites (N-methyl/N-ethyl adjacent to an activating group) is 1. The second kappa shape index (κ2) is 6.55. The lowest BCUT2D eigenvalue weighted by Crippen LogP contribution is -2.52. The molecule has 0 spiro atoms. The molecular formula is C14H25N3O. The molecule has 0 bridgehead atoms. The maximum Gasteiger partial charge on any atom is 0.240 e. The topological polar surface area (TPSA) is 70.1 Å². The molecule has 0 unspecified atom stereocenters. The highest BCUT2D eigenvalue weighted by molar-refractivity contribution is 5.82. The molecule has 2 atom stereocenters. The summed E-state index contributed by atoms with van der Waals surface area (Å²) in [6.45, 7) is 9.86. The van der Waals surface area contributed by atoms with E-state index in [1.54, 1.807) is 18.0 Å². The summed E-state index contributed by atoms with van der Waals surface area (Å²) in [4.78, 5) is 13.9. The van der Waals surface area contributed by atoms with Crippen LogP contribution in [0.25, 0.3) is 0 Å². The molecule has 0 aromatic heterocycles. The van der Waals surface area contributed by atoms with Crippen molar-refractivity contribution in [1.29, 1.82) is 5.26 Å². The first kappa shape index (κ1) is 16.7. The highest BCUT2D eigenvalue weighted by Gasteiger charge is 2.32. The van der Waals surface area contributed by atoms with Crippen molar-refractivity contribution < 1.29 is 4.79 Å². The fourth-order valence-corrected chi connectivity index (χ4v) is 1.68.